The third-order valence-corrected chi connectivity index (χ3v) is 4.67. The van der Waals surface area contributed by atoms with E-state index in [-0.39, 0.29) is 0 Å². The van der Waals surface area contributed by atoms with Gasteiger partial charge in [0.25, 0.3) is 0 Å². The molecule has 4 rings (SSSR count). The average Bonchev–Trinajstić information content (AvgIpc) is 3.06. The van der Waals surface area contributed by atoms with Crippen LogP contribution in [0.5, 0.6) is 0 Å². The molecule has 0 radical (unpaired) electrons. The fourth-order valence-corrected chi connectivity index (χ4v) is 3.44. The zero-order valence-corrected chi connectivity index (χ0v) is 12.6. The number of aromatic nitrogens is 3. The molecule has 1 saturated heterocycles. The fourth-order valence-electron chi connectivity index (χ4n) is 3.44. The lowest BCUT2D eigenvalue weighted by molar-refractivity contribution is 0.204. The second kappa shape index (κ2) is 5.89. The highest BCUT2D eigenvalue weighted by molar-refractivity contribution is 5.82. The number of hydrogen-bond donors (Lipinski definition) is 1. The summed E-state index contributed by atoms with van der Waals surface area (Å²) >= 11 is 0. The van der Waals surface area contributed by atoms with Gasteiger partial charge < -0.3 is 4.98 Å². The number of fused-ring (bicyclic) bond motifs is 1. The Balaban J connectivity index is 1.43. The van der Waals surface area contributed by atoms with E-state index in [9.17, 15) is 0 Å². The Kier molecular flexibility index (Phi) is 3.60. The van der Waals surface area contributed by atoms with Gasteiger partial charge in [-0.2, -0.15) is 0 Å². The third kappa shape index (κ3) is 2.62. The van der Waals surface area contributed by atoms with Crippen molar-refractivity contribution in [2.45, 2.75) is 25.3 Å². The number of hydrogen-bond acceptors (Lipinski definition) is 3. The molecule has 1 aliphatic heterocycles. The minimum atomic E-state index is 0.563. The first-order chi connectivity index (χ1) is 10.9. The Morgan fingerprint density at radius 1 is 1.14 bits per heavy atom. The van der Waals surface area contributed by atoms with Crippen LogP contribution < -0.4 is 0 Å². The standard InChI is InChI=1S/C18H20N4/c1-2-15(16-4-7-20-17(16)3-1)13-22-10-5-14(6-11-22)18-12-19-8-9-21-18/h1-4,7-9,12,14,20H,5-6,10-11,13H2. The Morgan fingerprint density at radius 2 is 2.05 bits per heavy atom. The monoisotopic (exact) mass is 292 g/mol. The summed E-state index contributed by atoms with van der Waals surface area (Å²) in [6, 6.07) is 8.70. The van der Waals surface area contributed by atoms with Gasteiger partial charge in [-0.3, -0.25) is 14.9 Å². The van der Waals surface area contributed by atoms with Crippen molar-refractivity contribution in [3.63, 3.8) is 0 Å². The number of likely N-dealkylation sites (tertiary alicyclic amines) is 1. The summed E-state index contributed by atoms with van der Waals surface area (Å²) in [4.78, 5) is 14.5. The number of benzene rings is 1. The van der Waals surface area contributed by atoms with Crippen LogP contribution in [-0.2, 0) is 6.54 Å². The molecule has 0 atom stereocenters. The molecule has 0 saturated carbocycles. The quantitative estimate of drug-likeness (QED) is 0.805. The van der Waals surface area contributed by atoms with Gasteiger partial charge in [0.15, 0.2) is 0 Å². The van der Waals surface area contributed by atoms with Gasteiger partial charge in [0.05, 0.1) is 5.69 Å². The molecular weight excluding hydrogens is 272 g/mol. The summed E-state index contributed by atoms with van der Waals surface area (Å²) in [6.07, 6.45) is 9.82. The minimum absolute atomic E-state index is 0.563. The molecule has 22 heavy (non-hydrogen) atoms. The van der Waals surface area contributed by atoms with Crippen LogP contribution in [0.4, 0.5) is 0 Å². The highest BCUT2D eigenvalue weighted by Gasteiger charge is 2.22. The van der Waals surface area contributed by atoms with Crippen LogP contribution >= 0.6 is 0 Å². The normalized spacial score (nSPS) is 17.1. The molecule has 1 aliphatic rings. The lowest BCUT2D eigenvalue weighted by atomic mass is 9.93. The number of H-pyrrole nitrogens is 1. The summed E-state index contributed by atoms with van der Waals surface area (Å²) in [7, 11) is 0. The van der Waals surface area contributed by atoms with Gasteiger partial charge in [-0.1, -0.05) is 12.1 Å². The van der Waals surface area contributed by atoms with E-state index in [1.54, 1.807) is 12.4 Å². The van der Waals surface area contributed by atoms with Gasteiger partial charge in [-0.05, 0) is 43.6 Å². The highest BCUT2D eigenvalue weighted by atomic mass is 15.1. The third-order valence-electron chi connectivity index (χ3n) is 4.67. The van der Waals surface area contributed by atoms with E-state index in [4.69, 9.17) is 0 Å². The summed E-state index contributed by atoms with van der Waals surface area (Å²) in [6.45, 7) is 3.28. The van der Waals surface area contributed by atoms with Crippen LogP contribution in [0.25, 0.3) is 10.9 Å². The predicted molar refractivity (Wildman–Crippen MR) is 87.6 cm³/mol. The van der Waals surface area contributed by atoms with E-state index in [1.807, 2.05) is 12.4 Å². The van der Waals surface area contributed by atoms with Crippen LogP contribution in [0.3, 0.4) is 0 Å². The first kappa shape index (κ1) is 13.5. The van der Waals surface area contributed by atoms with Gasteiger partial charge in [0.2, 0.25) is 0 Å². The zero-order valence-electron chi connectivity index (χ0n) is 12.6. The van der Waals surface area contributed by atoms with Gasteiger partial charge in [-0.25, -0.2) is 0 Å². The van der Waals surface area contributed by atoms with Gasteiger partial charge >= 0.3 is 0 Å². The smallest absolute Gasteiger partial charge is 0.0618 e. The van der Waals surface area contributed by atoms with Gasteiger partial charge in [-0.15, -0.1) is 0 Å². The summed E-state index contributed by atoms with van der Waals surface area (Å²) in [5.74, 6) is 0.563. The van der Waals surface area contributed by atoms with Crippen LogP contribution in [0.15, 0.2) is 49.1 Å². The SMILES string of the molecule is c1cc(CN2CCC(c3cnccn3)CC2)c2cc[nH]c2c1. The Labute approximate surface area is 130 Å². The maximum atomic E-state index is 4.46. The van der Waals surface area contributed by atoms with Crippen molar-refractivity contribution in [3.05, 3.63) is 60.3 Å². The molecule has 0 aliphatic carbocycles. The molecule has 0 spiro atoms. The fraction of sp³-hybridized carbons (Fsp3) is 0.333. The van der Waals surface area contributed by atoms with Crippen molar-refractivity contribution < 1.29 is 0 Å². The van der Waals surface area contributed by atoms with Crippen LogP contribution in [0.1, 0.15) is 30.0 Å². The average molecular weight is 292 g/mol. The molecule has 1 N–H and O–H groups in total. The van der Waals surface area contributed by atoms with Crippen molar-refractivity contribution in [1.29, 1.82) is 0 Å². The maximum absolute atomic E-state index is 4.46. The molecule has 4 nitrogen and oxygen atoms in total. The molecule has 112 valence electrons. The largest absolute Gasteiger partial charge is 0.361 e. The number of aromatic amines is 1. The van der Waals surface area contributed by atoms with Crippen molar-refractivity contribution >= 4 is 10.9 Å². The van der Waals surface area contributed by atoms with Gasteiger partial charge in [0, 0.05) is 48.2 Å². The van der Waals surface area contributed by atoms with Crippen LogP contribution in [0.2, 0.25) is 0 Å². The van der Waals surface area contributed by atoms with Crippen molar-refractivity contribution in [3.8, 4) is 0 Å². The molecule has 4 heteroatoms. The Hall–Kier alpha value is -2.20. The number of rotatable bonds is 3. The summed E-state index contributed by atoms with van der Waals surface area (Å²) < 4.78 is 0. The minimum Gasteiger partial charge on any atom is -0.361 e. The van der Waals surface area contributed by atoms with E-state index < -0.39 is 0 Å². The van der Waals surface area contributed by atoms with E-state index >= 15 is 0 Å². The molecular formula is C18H20N4. The van der Waals surface area contributed by atoms with Gasteiger partial charge in [0.1, 0.15) is 0 Å². The summed E-state index contributed by atoms with van der Waals surface area (Å²) in [5, 5.41) is 1.35. The molecule has 1 aromatic carbocycles. The number of nitrogens with one attached hydrogen (secondary N) is 1. The topological polar surface area (TPSA) is 44.8 Å². The molecule has 3 aromatic rings. The molecule has 0 unspecified atom stereocenters. The second-order valence-electron chi connectivity index (χ2n) is 6.04. The maximum Gasteiger partial charge on any atom is 0.0618 e. The first-order valence-electron chi connectivity index (χ1n) is 7.93. The van der Waals surface area contributed by atoms with E-state index in [1.165, 1.54) is 29.3 Å². The van der Waals surface area contributed by atoms with E-state index in [0.717, 1.165) is 25.3 Å². The second-order valence-corrected chi connectivity index (χ2v) is 6.04. The number of nitrogens with zero attached hydrogens (tertiary/aromatic N) is 3. The molecule has 2 aromatic heterocycles. The molecule has 0 bridgehead atoms. The van der Waals surface area contributed by atoms with E-state index in [0.29, 0.717) is 5.92 Å². The molecule has 1 fully saturated rings. The number of piperidine rings is 1. The van der Waals surface area contributed by atoms with Crippen molar-refractivity contribution in [2.24, 2.45) is 0 Å². The molecule has 3 heterocycles. The lowest BCUT2D eigenvalue weighted by Crippen LogP contribution is -2.32. The predicted octanol–water partition coefficient (Wildman–Crippen LogP) is 3.34. The van der Waals surface area contributed by atoms with Crippen LogP contribution in [0, 0.1) is 0 Å². The zero-order chi connectivity index (χ0) is 14.8. The summed E-state index contributed by atoms with van der Waals surface area (Å²) in [5.41, 5.74) is 3.79. The van der Waals surface area contributed by atoms with Crippen molar-refractivity contribution in [2.75, 3.05) is 13.1 Å². The van der Waals surface area contributed by atoms with E-state index in [2.05, 4.69) is 44.1 Å². The molecule has 0 amide bonds. The highest BCUT2D eigenvalue weighted by Crippen LogP contribution is 2.27. The Morgan fingerprint density at radius 3 is 2.86 bits per heavy atom. The Bertz CT molecular complexity index is 742. The first-order valence-corrected chi connectivity index (χ1v) is 7.93. The van der Waals surface area contributed by atoms with Crippen molar-refractivity contribution in [1.82, 2.24) is 19.9 Å². The van der Waals surface area contributed by atoms with Crippen LogP contribution in [-0.4, -0.2) is 32.9 Å². The lowest BCUT2D eigenvalue weighted by Gasteiger charge is -2.31.